The average molecular weight is 564 g/mol. The minimum atomic E-state index is -4.67. The third kappa shape index (κ3) is 6.59. The number of anilines is 2. The molecule has 14 heteroatoms. The summed E-state index contributed by atoms with van der Waals surface area (Å²) in [5, 5.41) is 2.77. The molecule has 1 aliphatic rings. The lowest BCUT2D eigenvalue weighted by atomic mass is 10.1. The Morgan fingerprint density at radius 3 is 2.48 bits per heavy atom. The number of carbonyl (C=O) groups is 2. The topological polar surface area (TPSA) is 193 Å². The van der Waals surface area contributed by atoms with E-state index < -0.39 is 10.4 Å². The summed E-state index contributed by atoms with van der Waals surface area (Å²) in [5.74, 6) is 6.39. The zero-order chi connectivity index (χ0) is 28.9. The van der Waals surface area contributed by atoms with Gasteiger partial charge < -0.3 is 16.0 Å². The second-order valence-corrected chi connectivity index (χ2v) is 9.47. The lowest BCUT2D eigenvalue weighted by Crippen LogP contribution is -2.30. The number of likely N-dealkylation sites (tertiary alicyclic amines) is 1. The Morgan fingerprint density at radius 2 is 1.82 bits per heavy atom. The van der Waals surface area contributed by atoms with Crippen LogP contribution in [-0.4, -0.2) is 60.1 Å². The molecule has 0 spiro atoms. The van der Waals surface area contributed by atoms with Crippen LogP contribution in [0.15, 0.2) is 61.1 Å². The van der Waals surface area contributed by atoms with E-state index in [0.29, 0.717) is 40.8 Å². The van der Waals surface area contributed by atoms with Crippen molar-refractivity contribution in [1.82, 2.24) is 24.3 Å². The lowest BCUT2D eigenvalue weighted by molar-refractivity contribution is -0.126. The van der Waals surface area contributed by atoms with Gasteiger partial charge in [-0.15, -0.1) is 0 Å². The fourth-order valence-corrected chi connectivity index (χ4v) is 4.39. The average Bonchev–Trinajstić information content (AvgIpc) is 3.54. The van der Waals surface area contributed by atoms with Gasteiger partial charge in [0.2, 0.25) is 0 Å². The predicted octanol–water partition coefficient (Wildman–Crippen LogP) is 2.66. The Labute approximate surface area is 229 Å². The van der Waals surface area contributed by atoms with Crippen molar-refractivity contribution in [2.24, 2.45) is 0 Å². The summed E-state index contributed by atoms with van der Waals surface area (Å²) in [6.45, 7) is 2.28. The third-order valence-corrected chi connectivity index (χ3v) is 5.98. The van der Waals surface area contributed by atoms with Crippen molar-refractivity contribution in [3.05, 3.63) is 72.4 Å². The summed E-state index contributed by atoms with van der Waals surface area (Å²) in [6.07, 6.45) is 6.69. The largest absolute Gasteiger partial charge is 0.394 e. The number of fused-ring (bicyclic) bond motifs is 1. The molecule has 0 radical (unpaired) electrons. The first kappa shape index (κ1) is 28.2. The molecular weight excluding hydrogens is 538 g/mol. The number of nitrogens with two attached hydrogens (primary N) is 1. The van der Waals surface area contributed by atoms with Crippen molar-refractivity contribution in [2.45, 2.75) is 25.8 Å². The Morgan fingerprint density at radius 1 is 1.10 bits per heavy atom. The molecule has 40 heavy (non-hydrogen) atoms. The maximum atomic E-state index is 12.6. The standard InChI is InChI=1S/C26H23N7O2.H2O4S/c1-2-6-21(34)32-15-5-7-19(32)25-31-22(23-24(27)29-14-16-33(23)25)17-9-11-18(12-10-17)26(35)30-20-8-3-4-13-28-20;1-5(2,3)4/h3-4,8-14,16,19H,5,7,15H2,1H3,(H2,27,29)(H,28,30,35);(H2,1,2,3,4). The van der Waals surface area contributed by atoms with Gasteiger partial charge in [-0.3, -0.25) is 23.1 Å². The number of amides is 2. The highest BCUT2D eigenvalue weighted by molar-refractivity contribution is 7.79. The van der Waals surface area contributed by atoms with Crippen LogP contribution in [0, 0.1) is 11.8 Å². The number of carbonyl (C=O) groups excluding carboxylic acids is 2. The molecule has 1 aromatic carbocycles. The maximum Gasteiger partial charge on any atom is 0.394 e. The van der Waals surface area contributed by atoms with E-state index in [0.717, 1.165) is 18.4 Å². The van der Waals surface area contributed by atoms with Gasteiger partial charge in [-0.1, -0.05) is 24.1 Å². The number of aromatic nitrogens is 4. The highest BCUT2D eigenvalue weighted by atomic mass is 32.3. The van der Waals surface area contributed by atoms with Gasteiger partial charge in [0, 0.05) is 36.3 Å². The molecule has 4 aromatic rings. The molecule has 206 valence electrons. The number of hydrogen-bond donors (Lipinski definition) is 4. The lowest BCUT2D eigenvalue weighted by Gasteiger charge is -2.21. The Bertz CT molecular complexity index is 1700. The van der Waals surface area contributed by atoms with Gasteiger partial charge in [-0.25, -0.2) is 15.0 Å². The molecule has 5 N–H and O–H groups in total. The van der Waals surface area contributed by atoms with Crippen molar-refractivity contribution < 1.29 is 27.1 Å². The minimum absolute atomic E-state index is 0.210. The van der Waals surface area contributed by atoms with Gasteiger partial charge in [-0.05, 0) is 50.0 Å². The number of rotatable bonds is 4. The van der Waals surface area contributed by atoms with E-state index in [-0.39, 0.29) is 17.9 Å². The molecule has 0 aliphatic carbocycles. The Balaban J connectivity index is 0.000000681. The first-order chi connectivity index (χ1) is 19.1. The van der Waals surface area contributed by atoms with Crippen molar-refractivity contribution in [1.29, 1.82) is 0 Å². The summed E-state index contributed by atoms with van der Waals surface area (Å²) in [4.78, 5) is 40.3. The molecule has 13 nitrogen and oxygen atoms in total. The molecule has 5 rings (SSSR count). The Hall–Kier alpha value is -4.84. The van der Waals surface area contributed by atoms with Crippen molar-refractivity contribution in [2.75, 3.05) is 17.6 Å². The van der Waals surface area contributed by atoms with Gasteiger partial charge in [0.1, 0.15) is 28.7 Å². The number of imidazole rings is 1. The summed E-state index contributed by atoms with van der Waals surface area (Å²) >= 11 is 0. The van der Waals surface area contributed by atoms with Gasteiger partial charge in [0.05, 0.1) is 6.04 Å². The van der Waals surface area contributed by atoms with Crippen LogP contribution in [0.3, 0.4) is 0 Å². The van der Waals surface area contributed by atoms with E-state index in [9.17, 15) is 9.59 Å². The molecule has 0 bridgehead atoms. The van der Waals surface area contributed by atoms with Gasteiger partial charge in [0.25, 0.3) is 11.8 Å². The van der Waals surface area contributed by atoms with Crippen LogP contribution in [0.25, 0.3) is 16.8 Å². The van der Waals surface area contributed by atoms with Gasteiger partial charge in [-0.2, -0.15) is 8.42 Å². The molecule has 3 aromatic heterocycles. The number of nitrogens with zero attached hydrogens (tertiary/aromatic N) is 5. The number of nitrogen functional groups attached to an aromatic ring is 1. The van der Waals surface area contributed by atoms with Crippen LogP contribution in [-0.2, 0) is 15.2 Å². The number of benzene rings is 1. The third-order valence-electron chi connectivity index (χ3n) is 5.98. The maximum absolute atomic E-state index is 12.6. The second-order valence-electron chi connectivity index (χ2n) is 8.58. The van der Waals surface area contributed by atoms with Crippen LogP contribution in [0.4, 0.5) is 11.6 Å². The molecule has 1 fully saturated rings. The Kier molecular flexibility index (Phi) is 8.39. The van der Waals surface area contributed by atoms with E-state index in [2.05, 4.69) is 27.1 Å². The molecule has 1 aliphatic heterocycles. The quantitative estimate of drug-likeness (QED) is 0.212. The number of nitrogens with one attached hydrogen (secondary N) is 1. The van der Waals surface area contributed by atoms with Crippen LogP contribution < -0.4 is 11.1 Å². The number of hydrogen-bond acceptors (Lipinski definition) is 8. The van der Waals surface area contributed by atoms with E-state index in [4.69, 9.17) is 28.2 Å². The van der Waals surface area contributed by atoms with E-state index in [1.165, 1.54) is 0 Å². The fourth-order valence-electron chi connectivity index (χ4n) is 4.39. The van der Waals surface area contributed by atoms with E-state index in [1.807, 2.05) is 16.5 Å². The summed E-state index contributed by atoms with van der Waals surface area (Å²) in [6, 6.07) is 12.2. The summed E-state index contributed by atoms with van der Waals surface area (Å²) in [5.41, 5.74) is 8.84. The highest BCUT2D eigenvalue weighted by Crippen LogP contribution is 2.36. The second kappa shape index (κ2) is 11.9. The molecule has 2 amide bonds. The first-order valence-electron chi connectivity index (χ1n) is 11.9. The highest BCUT2D eigenvalue weighted by Gasteiger charge is 2.33. The minimum Gasteiger partial charge on any atom is -0.382 e. The summed E-state index contributed by atoms with van der Waals surface area (Å²) < 4.78 is 33.5. The SMILES string of the molecule is CC#CC(=O)N1CCCC1c1nc(-c2ccc(C(=O)Nc3ccccn3)cc2)c2c(N)nccn12.O=S(=O)(O)O. The van der Waals surface area contributed by atoms with Crippen LogP contribution in [0.1, 0.15) is 42.0 Å². The van der Waals surface area contributed by atoms with E-state index in [1.54, 1.807) is 60.7 Å². The molecule has 1 saturated heterocycles. The smallest absolute Gasteiger partial charge is 0.382 e. The normalized spacial score (nSPS) is 14.6. The molecule has 1 atom stereocenters. The number of pyridine rings is 1. The summed E-state index contributed by atoms with van der Waals surface area (Å²) in [7, 11) is -4.67. The van der Waals surface area contributed by atoms with Gasteiger partial charge in [0.15, 0.2) is 0 Å². The molecule has 4 heterocycles. The first-order valence-corrected chi connectivity index (χ1v) is 13.3. The molecular formula is C26H25N7O6S. The predicted molar refractivity (Wildman–Crippen MR) is 146 cm³/mol. The van der Waals surface area contributed by atoms with Crippen molar-refractivity contribution in [3.63, 3.8) is 0 Å². The molecule has 1 unspecified atom stereocenters. The monoisotopic (exact) mass is 563 g/mol. The van der Waals surface area contributed by atoms with Crippen molar-refractivity contribution in [3.8, 4) is 23.1 Å². The van der Waals surface area contributed by atoms with Gasteiger partial charge >= 0.3 is 10.4 Å². The van der Waals surface area contributed by atoms with Crippen LogP contribution in [0.2, 0.25) is 0 Å². The molecule has 0 saturated carbocycles. The zero-order valence-electron chi connectivity index (χ0n) is 21.2. The fraction of sp³-hybridized carbons (Fsp3) is 0.192. The van der Waals surface area contributed by atoms with Crippen molar-refractivity contribution >= 4 is 39.4 Å². The van der Waals surface area contributed by atoms with Crippen LogP contribution >= 0.6 is 0 Å². The van der Waals surface area contributed by atoms with E-state index >= 15 is 0 Å². The zero-order valence-corrected chi connectivity index (χ0v) is 22.0. The van der Waals surface area contributed by atoms with Crippen LogP contribution in [0.5, 0.6) is 0 Å².